The number of aliphatic hydroxyl groups excluding tert-OH is 1. The van der Waals surface area contributed by atoms with E-state index in [1.807, 2.05) is 12.1 Å². The summed E-state index contributed by atoms with van der Waals surface area (Å²) >= 11 is 0. The average Bonchev–Trinajstić information content (AvgIpc) is 3.29. The number of nitrogens with zero attached hydrogens (tertiary/aromatic N) is 2. The van der Waals surface area contributed by atoms with Gasteiger partial charge >= 0.3 is 0 Å². The quantitative estimate of drug-likeness (QED) is 0.824. The minimum absolute atomic E-state index is 0.192. The highest BCUT2D eigenvalue weighted by atomic mass is 16.5. The fraction of sp³-hybridized carbons (Fsp3) is 0.650. The van der Waals surface area contributed by atoms with Gasteiger partial charge in [-0.15, -0.1) is 0 Å². The number of amides is 1. The van der Waals surface area contributed by atoms with Crippen LogP contribution >= 0.6 is 0 Å². The number of hydrogen-bond acceptors (Lipinski definition) is 4. The summed E-state index contributed by atoms with van der Waals surface area (Å²) in [5.41, 5.74) is 1.20. The smallest absolute Gasteiger partial charge is 0.237 e. The van der Waals surface area contributed by atoms with E-state index >= 15 is 0 Å². The van der Waals surface area contributed by atoms with Crippen molar-refractivity contribution in [1.29, 1.82) is 0 Å². The fourth-order valence-corrected chi connectivity index (χ4v) is 4.26. The molecule has 2 heterocycles. The number of aliphatic hydroxyl groups is 1. The van der Waals surface area contributed by atoms with Crippen LogP contribution in [-0.2, 0) is 4.79 Å². The lowest BCUT2D eigenvalue weighted by Gasteiger charge is -2.30. The molecule has 2 atom stereocenters. The van der Waals surface area contributed by atoms with Gasteiger partial charge in [-0.1, -0.05) is 12.1 Å². The molecule has 0 spiro atoms. The van der Waals surface area contributed by atoms with Crippen LogP contribution in [0.1, 0.15) is 50.1 Å². The monoisotopic (exact) mass is 346 g/mol. The molecule has 0 aromatic heterocycles. The van der Waals surface area contributed by atoms with Gasteiger partial charge in [0.1, 0.15) is 5.75 Å². The van der Waals surface area contributed by atoms with Gasteiger partial charge in [0.25, 0.3) is 0 Å². The maximum absolute atomic E-state index is 12.9. The van der Waals surface area contributed by atoms with Crippen LogP contribution in [0.3, 0.4) is 0 Å². The Balaban J connectivity index is 1.62. The number of rotatable bonds is 7. The summed E-state index contributed by atoms with van der Waals surface area (Å²) in [5.74, 6) is 1.10. The van der Waals surface area contributed by atoms with Crippen molar-refractivity contribution in [2.45, 2.75) is 50.6 Å². The van der Waals surface area contributed by atoms with Crippen molar-refractivity contribution in [3.8, 4) is 5.75 Å². The van der Waals surface area contributed by atoms with Crippen molar-refractivity contribution in [3.05, 3.63) is 29.8 Å². The Morgan fingerprint density at radius 2 is 1.96 bits per heavy atom. The Morgan fingerprint density at radius 1 is 1.20 bits per heavy atom. The Labute approximate surface area is 150 Å². The van der Waals surface area contributed by atoms with Crippen molar-refractivity contribution >= 4 is 5.91 Å². The van der Waals surface area contributed by atoms with E-state index in [0.717, 1.165) is 57.4 Å². The van der Waals surface area contributed by atoms with E-state index in [1.54, 1.807) is 7.11 Å². The molecular formula is C20H30N2O3. The first-order valence-electron chi connectivity index (χ1n) is 9.51. The van der Waals surface area contributed by atoms with E-state index in [1.165, 1.54) is 5.56 Å². The van der Waals surface area contributed by atoms with Gasteiger partial charge in [-0.05, 0) is 62.8 Å². The van der Waals surface area contributed by atoms with Crippen LogP contribution in [0.15, 0.2) is 24.3 Å². The van der Waals surface area contributed by atoms with Crippen molar-refractivity contribution in [2.75, 3.05) is 33.4 Å². The van der Waals surface area contributed by atoms with Crippen molar-refractivity contribution in [2.24, 2.45) is 0 Å². The molecule has 1 amide bonds. The maximum Gasteiger partial charge on any atom is 0.237 e. The molecule has 0 radical (unpaired) electrons. The largest absolute Gasteiger partial charge is 0.497 e. The molecule has 1 aromatic rings. The van der Waals surface area contributed by atoms with Gasteiger partial charge in [-0.3, -0.25) is 9.69 Å². The number of likely N-dealkylation sites (tertiary alicyclic amines) is 2. The first-order chi connectivity index (χ1) is 12.2. The van der Waals surface area contributed by atoms with E-state index < -0.39 is 0 Å². The van der Waals surface area contributed by atoms with Crippen LogP contribution in [0, 0.1) is 0 Å². The van der Waals surface area contributed by atoms with E-state index in [2.05, 4.69) is 21.9 Å². The first kappa shape index (κ1) is 18.2. The van der Waals surface area contributed by atoms with Crippen LogP contribution in [0.5, 0.6) is 5.75 Å². The SMILES string of the molecule is COc1ccc(C2CCCN2C(=O)CN2CCCC2CCCO)cc1. The lowest BCUT2D eigenvalue weighted by Crippen LogP contribution is -2.42. The fourth-order valence-electron chi connectivity index (χ4n) is 4.26. The highest BCUT2D eigenvalue weighted by Gasteiger charge is 2.33. The molecule has 2 aliphatic rings. The Morgan fingerprint density at radius 3 is 2.68 bits per heavy atom. The van der Waals surface area contributed by atoms with Crippen LogP contribution in [0.25, 0.3) is 0 Å². The van der Waals surface area contributed by atoms with E-state index in [0.29, 0.717) is 12.6 Å². The molecule has 5 heteroatoms. The number of benzene rings is 1. The molecule has 1 aromatic carbocycles. The molecule has 0 aliphatic carbocycles. The molecular weight excluding hydrogens is 316 g/mol. The zero-order chi connectivity index (χ0) is 17.6. The minimum atomic E-state index is 0.192. The number of ether oxygens (including phenoxy) is 1. The Hall–Kier alpha value is -1.59. The molecule has 3 rings (SSSR count). The predicted octanol–water partition coefficient (Wildman–Crippen LogP) is 2.60. The maximum atomic E-state index is 12.9. The van der Waals surface area contributed by atoms with Crippen molar-refractivity contribution < 1.29 is 14.6 Å². The summed E-state index contributed by atoms with van der Waals surface area (Å²) in [4.78, 5) is 17.3. The molecule has 1 N–H and O–H groups in total. The summed E-state index contributed by atoms with van der Waals surface area (Å²) in [7, 11) is 1.67. The Kier molecular flexibility index (Phi) is 6.32. The third-order valence-corrected chi connectivity index (χ3v) is 5.61. The normalized spacial score (nSPS) is 24.0. The summed E-state index contributed by atoms with van der Waals surface area (Å²) in [5, 5.41) is 9.06. The topological polar surface area (TPSA) is 53.0 Å². The molecule has 0 saturated carbocycles. The lowest BCUT2D eigenvalue weighted by molar-refractivity contribution is -0.133. The number of methoxy groups -OCH3 is 1. The van der Waals surface area contributed by atoms with Gasteiger partial charge in [0.15, 0.2) is 0 Å². The molecule has 138 valence electrons. The van der Waals surface area contributed by atoms with Crippen LogP contribution in [0.4, 0.5) is 0 Å². The van der Waals surface area contributed by atoms with Crippen molar-refractivity contribution in [1.82, 2.24) is 9.80 Å². The third-order valence-electron chi connectivity index (χ3n) is 5.61. The van der Waals surface area contributed by atoms with Crippen LogP contribution < -0.4 is 4.74 Å². The second-order valence-corrected chi connectivity index (χ2v) is 7.15. The molecule has 5 nitrogen and oxygen atoms in total. The number of carbonyl (C=O) groups is 1. The Bertz CT molecular complexity index is 561. The summed E-state index contributed by atoms with van der Waals surface area (Å²) in [6.45, 7) is 2.61. The van der Waals surface area contributed by atoms with Gasteiger partial charge < -0.3 is 14.7 Å². The number of carbonyl (C=O) groups excluding carboxylic acids is 1. The predicted molar refractivity (Wildman–Crippen MR) is 97.6 cm³/mol. The zero-order valence-corrected chi connectivity index (χ0v) is 15.2. The van der Waals surface area contributed by atoms with Crippen LogP contribution in [-0.4, -0.2) is 60.2 Å². The first-order valence-corrected chi connectivity index (χ1v) is 9.51. The molecule has 2 saturated heterocycles. The van der Waals surface area contributed by atoms with E-state index in [4.69, 9.17) is 9.84 Å². The molecule has 25 heavy (non-hydrogen) atoms. The van der Waals surface area contributed by atoms with Crippen molar-refractivity contribution in [3.63, 3.8) is 0 Å². The second kappa shape index (κ2) is 8.68. The molecule has 2 fully saturated rings. The lowest BCUT2D eigenvalue weighted by atomic mass is 10.0. The van der Waals surface area contributed by atoms with Gasteiger partial charge in [-0.25, -0.2) is 0 Å². The van der Waals surface area contributed by atoms with Gasteiger partial charge in [0.2, 0.25) is 5.91 Å². The van der Waals surface area contributed by atoms with Gasteiger partial charge in [0.05, 0.1) is 19.7 Å². The standard InChI is InChI=1S/C20H30N2O3/c1-25-18-10-8-16(9-11-18)19-7-3-13-22(19)20(24)15-21-12-2-5-17(21)6-4-14-23/h8-11,17,19,23H,2-7,12-15H2,1H3. The molecule has 0 bridgehead atoms. The second-order valence-electron chi connectivity index (χ2n) is 7.15. The van der Waals surface area contributed by atoms with E-state index in [9.17, 15) is 4.79 Å². The minimum Gasteiger partial charge on any atom is -0.497 e. The highest BCUT2D eigenvalue weighted by molar-refractivity contribution is 5.79. The highest BCUT2D eigenvalue weighted by Crippen LogP contribution is 2.33. The van der Waals surface area contributed by atoms with Crippen LogP contribution in [0.2, 0.25) is 0 Å². The number of hydrogen-bond donors (Lipinski definition) is 1. The average molecular weight is 346 g/mol. The molecule has 2 aliphatic heterocycles. The summed E-state index contributed by atoms with van der Waals surface area (Å²) < 4.78 is 5.23. The van der Waals surface area contributed by atoms with Gasteiger partial charge in [0, 0.05) is 19.2 Å². The van der Waals surface area contributed by atoms with Gasteiger partial charge in [-0.2, -0.15) is 0 Å². The summed E-state index contributed by atoms with van der Waals surface area (Å²) in [6, 6.07) is 8.75. The summed E-state index contributed by atoms with van der Waals surface area (Å²) in [6.07, 6.45) is 6.22. The van der Waals surface area contributed by atoms with E-state index in [-0.39, 0.29) is 18.6 Å². The zero-order valence-electron chi connectivity index (χ0n) is 15.2. The molecule has 2 unspecified atom stereocenters. The third kappa shape index (κ3) is 4.33.